The molecule has 2 amide bonds. The highest BCUT2D eigenvalue weighted by Crippen LogP contribution is 2.15. The lowest BCUT2D eigenvalue weighted by atomic mass is 10.2. The van der Waals surface area contributed by atoms with Crippen LogP contribution in [0, 0.1) is 10.1 Å². The third kappa shape index (κ3) is 5.78. The first-order valence-electron chi connectivity index (χ1n) is 6.63. The van der Waals surface area contributed by atoms with Crippen LogP contribution in [0.3, 0.4) is 0 Å². The van der Waals surface area contributed by atoms with Gasteiger partial charge in [0.2, 0.25) is 5.91 Å². The van der Waals surface area contributed by atoms with Crippen molar-refractivity contribution < 1.29 is 19.2 Å². The van der Waals surface area contributed by atoms with E-state index in [4.69, 9.17) is 4.74 Å². The minimum atomic E-state index is -0.815. The van der Waals surface area contributed by atoms with Crippen LogP contribution in [0.2, 0.25) is 0 Å². The van der Waals surface area contributed by atoms with Crippen LogP contribution in [0.1, 0.15) is 27.7 Å². The van der Waals surface area contributed by atoms with Gasteiger partial charge in [0, 0.05) is 17.8 Å². The molecule has 0 aliphatic carbocycles. The van der Waals surface area contributed by atoms with Crippen LogP contribution in [0.4, 0.5) is 16.2 Å². The van der Waals surface area contributed by atoms with Gasteiger partial charge in [-0.05, 0) is 39.8 Å². The molecule has 0 aliphatic heterocycles. The summed E-state index contributed by atoms with van der Waals surface area (Å²) in [4.78, 5) is 33.5. The fraction of sp³-hybridized carbons (Fsp3) is 0.429. The average molecular weight is 309 g/mol. The molecule has 0 spiro atoms. The molecule has 1 rings (SSSR count). The van der Waals surface area contributed by atoms with Crippen LogP contribution in [0.15, 0.2) is 24.3 Å². The predicted octanol–water partition coefficient (Wildman–Crippen LogP) is 2.45. The van der Waals surface area contributed by atoms with Gasteiger partial charge in [-0.25, -0.2) is 4.79 Å². The zero-order valence-electron chi connectivity index (χ0n) is 12.9. The highest BCUT2D eigenvalue weighted by Gasteiger charge is 2.21. The molecule has 8 nitrogen and oxygen atoms in total. The summed E-state index contributed by atoms with van der Waals surface area (Å²) < 4.78 is 5.05. The molecule has 1 aromatic carbocycles. The minimum Gasteiger partial charge on any atom is -0.444 e. The first-order chi connectivity index (χ1) is 10.1. The van der Waals surface area contributed by atoms with E-state index in [1.807, 2.05) is 0 Å². The normalized spacial score (nSPS) is 12.2. The Morgan fingerprint density at radius 2 is 1.77 bits per heavy atom. The summed E-state index contributed by atoms with van der Waals surface area (Å²) in [7, 11) is 0. The number of hydrogen-bond acceptors (Lipinski definition) is 5. The number of benzene rings is 1. The third-order valence-electron chi connectivity index (χ3n) is 2.47. The van der Waals surface area contributed by atoms with Gasteiger partial charge in [-0.1, -0.05) is 0 Å². The fourth-order valence-electron chi connectivity index (χ4n) is 1.47. The summed E-state index contributed by atoms with van der Waals surface area (Å²) in [6.07, 6.45) is -0.696. The van der Waals surface area contributed by atoms with Crippen molar-refractivity contribution in [3.63, 3.8) is 0 Å². The number of nitrogens with one attached hydrogen (secondary N) is 2. The molecule has 2 N–H and O–H groups in total. The molecule has 0 saturated carbocycles. The molecule has 0 radical (unpaired) electrons. The summed E-state index contributed by atoms with van der Waals surface area (Å²) in [6, 6.07) is 4.57. The minimum absolute atomic E-state index is 0.0714. The number of nitro groups is 1. The molecule has 8 heteroatoms. The number of rotatable bonds is 4. The fourth-order valence-corrected chi connectivity index (χ4v) is 1.47. The van der Waals surface area contributed by atoms with Crippen LogP contribution in [-0.4, -0.2) is 28.6 Å². The first-order valence-corrected chi connectivity index (χ1v) is 6.63. The van der Waals surface area contributed by atoms with E-state index in [1.54, 1.807) is 20.8 Å². The van der Waals surface area contributed by atoms with E-state index in [2.05, 4.69) is 10.6 Å². The molecule has 0 fully saturated rings. The summed E-state index contributed by atoms with van der Waals surface area (Å²) >= 11 is 0. The average Bonchev–Trinajstić information content (AvgIpc) is 2.36. The molecule has 0 aromatic heterocycles. The number of carbonyl (C=O) groups excluding carboxylic acids is 2. The van der Waals surface area contributed by atoms with E-state index in [9.17, 15) is 19.7 Å². The van der Waals surface area contributed by atoms with E-state index in [-0.39, 0.29) is 5.69 Å². The molecule has 0 bridgehead atoms. The zero-order valence-corrected chi connectivity index (χ0v) is 12.9. The van der Waals surface area contributed by atoms with Crippen molar-refractivity contribution in [2.45, 2.75) is 39.3 Å². The smallest absolute Gasteiger partial charge is 0.408 e. The number of non-ortho nitro benzene ring substituents is 1. The van der Waals surface area contributed by atoms with Gasteiger partial charge in [-0.2, -0.15) is 0 Å². The van der Waals surface area contributed by atoms with E-state index in [1.165, 1.54) is 31.2 Å². The number of anilines is 1. The van der Waals surface area contributed by atoms with Crippen molar-refractivity contribution in [1.82, 2.24) is 5.32 Å². The highest BCUT2D eigenvalue weighted by atomic mass is 16.6. The maximum Gasteiger partial charge on any atom is 0.408 e. The number of ether oxygens (including phenoxy) is 1. The van der Waals surface area contributed by atoms with E-state index >= 15 is 0 Å². The standard InChI is InChI=1S/C14H19N3O5/c1-9(15-13(19)22-14(2,3)4)12(18)16-10-5-7-11(8-6-10)17(20)21/h5-9H,1-4H3,(H,15,19)(H,16,18). The number of carbonyl (C=O) groups is 2. The lowest BCUT2D eigenvalue weighted by Crippen LogP contribution is -2.43. The Hall–Kier alpha value is -2.64. The number of nitro benzene ring substituents is 1. The van der Waals surface area contributed by atoms with Crippen molar-refractivity contribution in [1.29, 1.82) is 0 Å². The number of nitrogens with zero attached hydrogens (tertiary/aromatic N) is 1. The summed E-state index contributed by atoms with van der Waals surface area (Å²) in [5.41, 5.74) is -0.329. The second kappa shape index (κ2) is 6.88. The van der Waals surface area contributed by atoms with Gasteiger partial charge < -0.3 is 15.4 Å². The van der Waals surface area contributed by atoms with Crippen LogP contribution >= 0.6 is 0 Å². The lowest BCUT2D eigenvalue weighted by Gasteiger charge is -2.21. The predicted molar refractivity (Wildman–Crippen MR) is 80.6 cm³/mol. The summed E-state index contributed by atoms with van der Waals surface area (Å²) in [5, 5.41) is 15.5. The van der Waals surface area contributed by atoms with Crippen LogP contribution in [0.5, 0.6) is 0 Å². The van der Waals surface area contributed by atoms with Crippen molar-refractivity contribution >= 4 is 23.4 Å². The van der Waals surface area contributed by atoms with Crippen molar-refractivity contribution in [2.24, 2.45) is 0 Å². The second-order valence-electron chi connectivity index (χ2n) is 5.66. The number of alkyl carbamates (subject to hydrolysis) is 1. The molecule has 1 unspecified atom stereocenters. The van der Waals surface area contributed by atoms with Gasteiger partial charge in [0.15, 0.2) is 0 Å². The zero-order chi connectivity index (χ0) is 16.9. The van der Waals surface area contributed by atoms with Crippen LogP contribution in [0.25, 0.3) is 0 Å². The van der Waals surface area contributed by atoms with Gasteiger partial charge in [0.05, 0.1) is 4.92 Å². The molecular formula is C14H19N3O5. The van der Waals surface area contributed by atoms with Gasteiger partial charge >= 0.3 is 6.09 Å². The molecule has 0 aliphatic rings. The SMILES string of the molecule is CC(NC(=O)OC(C)(C)C)C(=O)Nc1ccc([N+](=O)[O-])cc1. The van der Waals surface area contributed by atoms with E-state index in [0.717, 1.165) is 0 Å². The van der Waals surface area contributed by atoms with Gasteiger partial charge in [-0.3, -0.25) is 14.9 Å². The second-order valence-corrected chi connectivity index (χ2v) is 5.66. The maximum atomic E-state index is 11.9. The monoisotopic (exact) mass is 309 g/mol. The van der Waals surface area contributed by atoms with Crippen molar-refractivity contribution in [3.8, 4) is 0 Å². The molecular weight excluding hydrogens is 290 g/mol. The quantitative estimate of drug-likeness (QED) is 0.655. The van der Waals surface area contributed by atoms with Crippen LogP contribution < -0.4 is 10.6 Å². The first kappa shape index (κ1) is 17.4. The Labute approximate surface area is 128 Å². The Morgan fingerprint density at radius 1 is 1.23 bits per heavy atom. The molecule has 1 atom stereocenters. The molecule has 0 heterocycles. The molecule has 0 saturated heterocycles. The number of amides is 2. The largest absolute Gasteiger partial charge is 0.444 e. The highest BCUT2D eigenvalue weighted by molar-refractivity contribution is 5.96. The van der Waals surface area contributed by atoms with E-state index in [0.29, 0.717) is 5.69 Å². The Bertz CT molecular complexity index is 563. The lowest BCUT2D eigenvalue weighted by molar-refractivity contribution is -0.384. The molecule has 1 aromatic rings. The van der Waals surface area contributed by atoms with E-state index < -0.39 is 28.6 Å². The molecule has 120 valence electrons. The molecule has 22 heavy (non-hydrogen) atoms. The number of hydrogen-bond donors (Lipinski definition) is 2. The summed E-state index contributed by atoms with van der Waals surface area (Å²) in [6.45, 7) is 6.65. The Morgan fingerprint density at radius 3 is 2.23 bits per heavy atom. The topological polar surface area (TPSA) is 111 Å². The summed E-state index contributed by atoms with van der Waals surface area (Å²) in [5.74, 6) is -0.459. The van der Waals surface area contributed by atoms with Crippen LogP contribution in [-0.2, 0) is 9.53 Å². The van der Waals surface area contributed by atoms with Gasteiger partial charge in [0.1, 0.15) is 11.6 Å². The Kier molecular flexibility index (Phi) is 5.44. The Balaban J connectivity index is 2.57. The van der Waals surface area contributed by atoms with Gasteiger partial charge in [-0.15, -0.1) is 0 Å². The van der Waals surface area contributed by atoms with Gasteiger partial charge in [0.25, 0.3) is 5.69 Å². The third-order valence-corrected chi connectivity index (χ3v) is 2.47. The van der Waals surface area contributed by atoms with Crippen molar-refractivity contribution in [2.75, 3.05) is 5.32 Å². The van der Waals surface area contributed by atoms with Crippen molar-refractivity contribution in [3.05, 3.63) is 34.4 Å². The maximum absolute atomic E-state index is 11.9.